The molecular formula is C21H20N6O2S2. The van der Waals surface area contributed by atoms with Crippen molar-refractivity contribution in [2.75, 3.05) is 7.11 Å². The van der Waals surface area contributed by atoms with Crippen molar-refractivity contribution in [2.45, 2.75) is 20.4 Å². The Bertz CT molecular complexity index is 1260. The van der Waals surface area contributed by atoms with Crippen molar-refractivity contribution in [2.24, 2.45) is 0 Å². The van der Waals surface area contributed by atoms with Gasteiger partial charge in [0.2, 0.25) is 4.96 Å². The minimum absolute atomic E-state index is 0.252. The smallest absolute Gasteiger partial charge is 0.261 e. The SMILES string of the molecule is COc1c(C)cccc1C(=O)NC(=S)NCc1ccc(-c2nn3c(C)nnc3s2)cc1. The lowest BCUT2D eigenvalue weighted by Crippen LogP contribution is -2.39. The number of thiocarbonyl (C=S) groups is 1. The maximum atomic E-state index is 12.5. The molecule has 0 saturated heterocycles. The summed E-state index contributed by atoms with van der Waals surface area (Å²) in [6.07, 6.45) is 0. The van der Waals surface area contributed by atoms with E-state index >= 15 is 0 Å². The number of nitrogens with zero attached hydrogens (tertiary/aromatic N) is 4. The number of para-hydroxylation sites is 1. The summed E-state index contributed by atoms with van der Waals surface area (Å²) in [6, 6.07) is 13.4. The summed E-state index contributed by atoms with van der Waals surface area (Å²) in [4.78, 5) is 13.3. The summed E-state index contributed by atoms with van der Waals surface area (Å²) in [7, 11) is 1.54. The number of fused-ring (bicyclic) bond motifs is 1. The minimum Gasteiger partial charge on any atom is -0.496 e. The molecule has 0 atom stereocenters. The summed E-state index contributed by atoms with van der Waals surface area (Å²) >= 11 is 6.76. The number of ether oxygens (including phenoxy) is 1. The second-order valence-electron chi connectivity index (χ2n) is 6.84. The molecule has 0 aliphatic heterocycles. The number of carbonyl (C=O) groups excluding carboxylic acids is 1. The molecule has 2 heterocycles. The number of carbonyl (C=O) groups is 1. The van der Waals surface area contributed by atoms with E-state index in [9.17, 15) is 4.79 Å². The molecule has 0 aliphatic rings. The van der Waals surface area contributed by atoms with Crippen LogP contribution in [0.1, 0.15) is 27.3 Å². The molecule has 0 bridgehead atoms. The lowest BCUT2D eigenvalue weighted by atomic mass is 10.1. The predicted octanol–water partition coefficient (Wildman–Crippen LogP) is 3.28. The highest BCUT2D eigenvalue weighted by molar-refractivity contribution is 7.80. The van der Waals surface area contributed by atoms with Gasteiger partial charge in [0.15, 0.2) is 10.9 Å². The zero-order valence-corrected chi connectivity index (χ0v) is 18.8. The van der Waals surface area contributed by atoms with Crippen LogP contribution in [-0.2, 0) is 6.54 Å². The predicted molar refractivity (Wildman–Crippen MR) is 123 cm³/mol. The molecule has 0 saturated carbocycles. The Morgan fingerprint density at radius 2 is 1.94 bits per heavy atom. The molecule has 4 rings (SSSR count). The molecule has 10 heteroatoms. The third-order valence-corrected chi connectivity index (χ3v) is 5.88. The number of aryl methyl sites for hydroxylation is 2. The number of methoxy groups -OCH3 is 1. The Morgan fingerprint density at radius 3 is 2.65 bits per heavy atom. The van der Waals surface area contributed by atoms with Crippen LogP contribution in [-0.4, -0.2) is 37.9 Å². The summed E-state index contributed by atoms with van der Waals surface area (Å²) in [5.41, 5.74) is 3.35. The Balaban J connectivity index is 1.36. The molecule has 1 amide bonds. The largest absolute Gasteiger partial charge is 0.496 e. The molecule has 2 N–H and O–H groups in total. The molecule has 2 aromatic carbocycles. The normalized spacial score (nSPS) is 10.8. The van der Waals surface area contributed by atoms with Gasteiger partial charge in [0.1, 0.15) is 10.8 Å². The van der Waals surface area contributed by atoms with Gasteiger partial charge >= 0.3 is 0 Å². The van der Waals surface area contributed by atoms with Crippen LogP contribution in [0, 0.1) is 13.8 Å². The number of amides is 1. The first-order chi connectivity index (χ1) is 15.0. The van der Waals surface area contributed by atoms with Gasteiger partial charge in [-0.1, -0.05) is 47.7 Å². The Hall–Kier alpha value is -3.37. The van der Waals surface area contributed by atoms with E-state index < -0.39 is 0 Å². The molecule has 158 valence electrons. The number of aromatic nitrogens is 4. The van der Waals surface area contributed by atoms with Gasteiger partial charge in [-0.15, -0.1) is 10.2 Å². The molecule has 2 aromatic heterocycles. The van der Waals surface area contributed by atoms with Crippen molar-refractivity contribution in [3.05, 3.63) is 65.0 Å². The van der Waals surface area contributed by atoms with Gasteiger partial charge in [0.05, 0.1) is 12.7 Å². The van der Waals surface area contributed by atoms with E-state index in [-0.39, 0.29) is 11.0 Å². The topological polar surface area (TPSA) is 93.4 Å². The van der Waals surface area contributed by atoms with Crippen molar-refractivity contribution >= 4 is 39.5 Å². The quantitative estimate of drug-likeness (QED) is 0.449. The summed E-state index contributed by atoms with van der Waals surface area (Å²) < 4.78 is 7.07. The number of benzene rings is 2. The van der Waals surface area contributed by atoms with Crippen LogP contribution in [0.3, 0.4) is 0 Å². The molecule has 0 aliphatic carbocycles. The first kappa shape index (κ1) is 20.9. The van der Waals surface area contributed by atoms with Gasteiger partial charge in [-0.05, 0) is 43.3 Å². The molecule has 0 unspecified atom stereocenters. The second kappa shape index (κ2) is 8.78. The Kier molecular flexibility index (Phi) is 5.92. The monoisotopic (exact) mass is 452 g/mol. The molecule has 8 nitrogen and oxygen atoms in total. The van der Waals surface area contributed by atoms with Crippen LogP contribution >= 0.6 is 23.6 Å². The lowest BCUT2D eigenvalue weighted by molar-refractivity contribution is 0.0973. The summed E-state index contributed by atoms with van der Waals surface area (Å²) in [5, 5.41) is 19.5. The van der Waals surface area contributed by atoms with E-state index in [0.29, 0.717) is 17.9 Å². The summed E-state index contributed by atoms with van der Waals surface area (Å²) in [5.74, 6) is 0.989. The van der Waals surface area contributed by atoms with Gasteiger partial charge in [-0.25, -0.2) is 0 Å². The van der Waals surface area contributed by atoms with Crippen LogP contribution < -0.4 is 15.4 Å². The number of hydrogen-bond acceptors (Lipinski definition) is 7. The zero-order chi connectivity index (χ0) is 22.0. The van der Waals surface area contributed by atoms with Crippen LogP contribution in [0.25, 0.3) is 15.5 Å². The highest BCUT2D eigenvalue weighted by Crippen LogP contribution is 2.25. The zero-order valence-electron chi connectivity index (χ0n) is 17.2. The highest BCUT2D eigenvalue weighted by atomic mass is 32.1. The maximum absolute atomic E-state index is 12.5. The maximum Gasteiger partial charge on any atom is 0.261 e. The molecular weight excluding hydrogens is 432 g/mol. The number of nitrogens with one attached hydrogen (secondary N) is 2. The number of hydrogen-bond donors (Lipinski definition) is 2. The molecule has 4 aromatic rings. The fourth-order valence-corrected chi connectivity index (χ4v) is 4.15. The fourth-order valence-electron chi connectivity index (χ4n) is 3.10. The van der Waals surface area contributed by atoms with Crippen molar-refractivity contribution in [3.8, 4) is 16.3 Å². The van der Waals surface area contributed by atoms with Crippen molar-refractivity contribution < 1.29 is 9.53 Å². The van der Waals surface area contributed by atoms with Gasteiger partial charge in [-0.2, -0.15) is 9.61 Å². The standard InChI is InChI=1S/C21H20N6O2S2/c1-12-5-4-6-16(17(12)29-3)18(28)23-20(30)22-11-14-7-9-15(10-8-14)19-26-27-13(2)24-25-21(27)31-19/h4-10H,11H2,1-3H3,(H2,22,23,28,30). The Labute approximate surface area is 188 Å². The van der Waals surface area contributed by atoms with Crippen LogP contribution in [0.2, 0.25) is 0 Å². The highest BCUT2D eigenvalue weighted by Gasteiger charge is 2.15. The summed E-state index contributed by atoms with van der Waals surface area (Å²) in [6.45, 7) is 4.24. The van der Waals surface area contributed by atoms with Crippen molar-refractivity contribution in [3.63, 3.8) is 0 Å². The van der Waals surface area contributed by atoms with E-state index in [1.807, 2.05) is 50.2 Å². The van der Waals surface area contributed by atoms with E-state index in [1.165, 1.54) is 11.3 Å². The Morgan fingerprint density at radius 1 is 1.16 bits per heavy atom. The first-order valence-corrected chi connectivity index (χ1v) is 10.7. The lowest BCUT2D eigenvalue weighted by Gasteiger charge is -2.13. The number of rotatable bonds is 5. The molecule has 0 radical (unpaired) electrons. The van der Waals surface area contributed by atoms with E-state index in [4.69, 9.17) is 17.0 Å². The van der Waals surface area contributed by atoms with Gasteiger partial charge in [0, 0.05) is 12.1 Å². The minimum atomic E-state index is -0.313. The third-order valence-electron chi connectivity index (χ3n) is 4.69. The van der Waals surface area contributed by atoms with E-state index in [2.05, 4.69) is 25.9 Å². The third kappa shape index (κ3) is 4.39. The van der Waals surface area contributed by atoms with Gasteiger partial charge in [-0.3, -0.25) is 10.1 Å². The van der Waals surface area contributed by atoms with Crippen LogP contribution in [0.15, 0.2) is 42.5 Å². The average molecular weight is 453 g/mol. The molecule has 31 heavy (non-hydrogen) atoms. The van der Waals surface area contributed by atoms with Crippen LogP contribution in [0.5, 0.6) is 5.75 Å². The second-order valence-corrected chi connectivity index (χ2v) is 8.20. The molecule has 0 spiro atoms. The van der Waals surface area contributed by atoms with Gasteiger partial charge in [0.25, 0.3) is 5.91 Å². The van der Waals surface area contributed by atoms with E-state index in [1.54, 1.807) is 17.7 Å². The first-order valence-electron chi connectivity index (χ1n) is 9.47. The van der Waals surface area contributed by atoms with Crippen LogP contribution in [0.4, 0.5) is 0 Å². The average Bonchev–Trinajstić information content (AvgIpc) is 3.34. The molecule has 0 fully saturated rings. The van der Waals surface area contributed by atoms with Gasteiger partial charge < -0.3 is 10.1 Å². The fraction of sp³-hybridized carbons (Fsp3) is 0.190. The van der Waals surface area contributed by atoms with E-state index in [0.717, 1.165) is 32.5 Å². The van der Waals surface area contributed by atoms with Crippen molar-refractivity contribution in [1.29, 1.82) is 0 Å². The van der Waals surface area contributed by atoms with Crippen molar-refractivity contribution in [1.82, 2.24) is 30.4 Å².